The van der Waals surface area contributed by atoms with Crippen LogP contribution in [0, 0.1) is 0 Å². The third kappa shape index (κ3) is 3.21. The normalized spacial score (nSPS) is 27.2. The fraction of sp³-hybridized carbons (Fsp3) is 0.909. The van der Waals surface area contributed by atoms with E-state index in [1.165, 1.54) is 10.6 Å². The van der Waals surface area contributed by atoms with Gasteiger partial charge < -0.3 is 10.2 Å². The second-order valence-corrected chi connectivity index (χ2v) is 6.97. The van der Waals surface area contributed by atoms with Gasteiger partial charge in [0.1, 0.15) is 0 Å². The Kier molecular flexibility index (Phi) is 4.24. The van der Waals surface area contributed by atoms with Crippen molar-refractivity contribution < 1.29 is 13.2 Å². The number of carbonyl (C=O) groups is 1. The molecule has 1 N–H and O–H groups in total. The molecule has 1 amide bonds. The van der Waals surface area contributed by atoms with Crippen LogP contribution in [0.4, 0.5) is 0 Å². The molecule has 0 aliphatic carbocycles. The highest BCUT2D eigenvalue weighted by atomic mass is 32.2. The van der Waals surface area contributed by atoms with Crippen LogP contribution in [0.25, 0.3) is 0 Å². The minimum atomic E-state index is -3.14. The summed E-state index contributed by atoms with van der Waals surface area (Å²) < 4.78 is 24.4. The number of hydrogen-bond acceptors (Lipinski definition) is 4. The molecule has 18 heavy (non-hydrogen) atoms. The van der Waals surface area contributed by atoms with Crippen molar-refractivity contribution in [3.63, 3.8) is 0 Å². The average Bonchev–Trinajstić information content (AvgIpc) is 2.70. The molecule has 2 aliphatic rings. The molecule has 2 rings (SSSR count). The summed E-state index contributed by atoms with van der Waals surface area (Å²) in [6.07, 6.45) is 3.87. The third-order valence-corrected chi connectivity index (χ3v) is 4.90. The first-order valence-electron chi connectivity index (χ1n) is 6.46. The highest BCUT2D eigenvalue weighted by Gasteiger charge is 2.29. The third-order valence-electron chi connectivity index (χ3n) is 3.59. The van der Waals surface area contributed by atoms with Gasteiger partial charge in [0, 0.05) is 26.2 Å². The fourth-order valence-electron chi connectivity index (χ4n) is 2.56. The highest BCUT2D eigenvalue weighted by Crippen LogP contribution is 2.12. The topological polar surface area (TPSA) is 69.7 Å². The van der Waals surface area contributed by atoms with Crippen LogP contribution >= 0.6 is 0 Å². The Bertz CT molecular complexity index is 404. The molecule has 2 heterocycles. The van der Waals surface area contributed by atoms with Crippen molar-refractivity contribution >= 4 is 15.9 Å². The Labute approximate surface area is 108 Å². The lowest BCUT2D eigenvalue weighted by atomic mass is 10.2. The van der Waals surface area contributed by atoms with Crippen molar-refractivity contribution in [2.75, 3.05) is 39.0 Å². The number of nitrogens with one attached hydrogen (secondary N) is 1. The lowest BCUT2D eigenvalue weighted by Gasteiger charge is -2.24. The molecule has 0 radical (unpaired) electrons. The molecule has 0 saturated carbocycles. The van der Waals surface area contributed by atoms with Crippen molar-refractivity contribution in [3.8, 4) is 0 Å². The van der Waals surface area contributed by atoms with Gasteiger partial charge in [-0.1, -0.05) is 0 Å². The molecule has 0 aromatic carbocycles. The van der Waals surface area contributed by atoms with Gasteiger partial charge in [-0.05, 0) is 25.8 Å². The van der Waals surface area contributed by atoms with Crippen LogP contribution in [-0.2, 0) is 14.8 Å². The van der Waals surface area contributed by atoms with Crippen molar-refractivity contribution in [3.05, 3.63) is 0 Å². The monoisotopic (exact) mass is 275 g/mol. The molecule has 0 bridgehead atoms. The van der Waals surface area contributed by atoms with E-state index in [0.29, 0.717) is 32.6 Å². The van der Waals surface area contributed by atoms with Gasteiger partial charge in [0.2, 0.25) is 15.9 Å². The van der Waals surface area contributed by atoms with Crippen LogP contribution in [0.1, 0.15) is 19.3 Å². The number of carbonyl (C=O) groups excluding carboxylic acids is 1. The lowest BCUT2D eigenvalue weighted by Crippen LogP contribution is -2.45. The minimum Gasteiger partial charge on any atom is -0.340 e. The zero-order chi connectivity index (χ0) is 13.2. The standard InChI is InChI=1S/C11H21N3O3S/c1-18(16,17)14-7-3-6-13(8-9-14)11(15)10-4-2-5-12-10/h10,12H,2-9H2,1H3. The number of hydrogen-bond donors (Lipinski definition) is 1. The molecule has 6 nitrogen and oxygen atoms in total. The Morgan fingerprint density at radius 3 is 2.56 bits per heavy atom. The van der Waals surface area contributed by atoms with E-state index in [-0.39, 0.29) is 11.9 Å². The first-order valence-corrected chi connectivity index (χ1v) is 8.30. The van der Waals surface area contributed by atoms with Crippen molar-refractivity contribution in [1.82, 2.24) is 14.5 Å². The van der Waals surface area contributed by atoms with Crippen LogP contribution in [0.5, 0.6) is 0 Å². The van der Waals surface area contributed by atoms with E-state index in [9.17, 15) is 13.2 Å². The Morgan fingerprint density at radius 1 is 1.17 bits per heavy atom. The lowest BCUT2D eigenvalue weighted by molar-refractivity contribution is -0.132. The van der Waals surface area contributed by atoms with Crippen molar-refractivity contribution in [1.29, 1.82) is 0 Å². The SMILES string of the molecule is CS(=O)(=O)N1CCCN(C(=O)C2CCCN2)CC1. The van der Waals surface area contributed by atoms with Crippen LogP contribution in [0.3, 0.4) is 0 Å². The zero-order valence-corrected chi connectivity index (χ0v) is 11.6. The Hall–Kier alpha value is -0.660. The first kappa shape index (κ1) is 13.8. The molecular weight excluding hydrogens is 254 g/mol. The van der Waals surface area contributed by atoms with E-state index >= 15 is 0 Å². The maximum absolute atomic E-state index is 12.2. The van der Waals surface area contributed by atoms with Gasteiger partial charge in [0.15, 0.2) is 0 Å². The largest absolute Gasteiger partial charge is 0.340 e. The van der Waals surface area contributed by atoms with E-state index in [2.05, 4.69) is 5.32 Å². The van der Waals surface area contributed by atoms with Crippen molar-refractivity contribution in [2.24, 2.45) is 0 Å². The molecule has 1 atom stereocenters. The Morgan fingerprint density at radius 2 is 1.94 bits per heavy atom. The molecule has 0 spiro atoms. The van der Waals surface area contributed by atoms with Crippen molar-refractivity contribution in [2.45, 2.75) is 25.3 Å². The van der Waals surface area contributed by atoms with Gasteiger partial charge in [-0.25, -0.2) is 12.7 Å². The summed E-state index contributed by atoms with van der Waals surface area (Å²) in [6, 6.07) is -0.0604. The summed E-state index contributed by atoms with van der Waals surface area (Å²) in [5.74, 6) is 0.128. The maximum Gasteiger partial charge on any atom is 0.239 e. The number of rotatable bonds is 2. The van der Waals surface area contributed by atoms with E-state index in [1.807, 2.05) is 0 Å². The smallest absolute Gasteiger partial charge is 0.239 e. The van der Waals surface area contributed by atoms with Crippen LogP contribution < -0.4 is 5.32 Å². The molecule has 1 unspecified atom stereocenters. The highest BCUT2D eigenvalue weighted by molar-refractivity contribution is 7.88. The second-order valence-electron chi connectivity index (χ2n) is 4.99. The predicted molar refractivity (Wildman–Crippen MR) is 68.6 cm³/mol. The van der Waals surface area contributed by atoms with Crippen LogP contribution in [0.2, 0.25) is 0 Å². The summed E-state index contributed by atoms with van der Waals surface area (Å²) in [5, 5.41) is 3.19. The molecule has 2 aliphatic heterocycles. The van der Waals surface area contributed by atoms with E-state index in [4.69, 9.17) is 0 Å². The van der Waals surface area contributed by atoms with Gasteiger partial charge in [0.25, 0.3) is 0 Å². The summed E-state index contributed by atoms with van der Waals surface area (Å²) in [7, 11) is -3.14. The molecular formula is C11H21N3O3S. The molecule has 2 saturated heterocycles. The summed E-state index contributed by atoms with van der Waals surface area (Å²) >= 11 is 0. The first-order chi connectivity index (χ1) is 8.48. The zero-order valence-electron chi connectivity index (χ0n) is 10.8. The van der Waals surface area contributed by atoms with Crippen LogP contribution in [-0.4, -0.2) is 68.6 Å². The Balaban J connectivity index is 1.94. The van der Waals surface area contributed by atoms with E-state index in [0.717, 1.165) is 19.4 Å². The van der Waals surface area contributed by atoms with Gasteiger partial charge in [0.05, 0.1) is 12.3 Å². The summed E-state index contributed by atoms with van der Waals surface area (Å²) in [5.41, 5.74) is 0. The van der Waals surface area contributed by atoms with Gasteiger partial charge in [-0.2, -0.15) is 0 Å². The molecule has 0 aromatic rings. The molecule has 104 valence electrons. The number of amides is 1. The van der Waals surface area contributed by atoms with E-state index in [1.54, 1.807) is 4.90 Å². The van der Waals surface area contributed by atoms with Gasteiger partial charge in [-0.3, -0.25) is 4.79 Å². The van der Waals surface area contributed by atoms with E-state index < -0.39 is 10.0 Å². The summed E-state index contributed by atoms with van der Waals surface area (Å²) in [6.45, 7) is 2.99. The van der Waals surface area contributed by atoms with Gasteiger partial charge >= 0.3 is 0 Å². The second kappa shape index (κ2) is 5.54. The fourth-order valence-corrected chi connectivity index (χ4v) is 3.44. The molecule has 0 aromatic heterocycles. The summed E-state index contributed by atoms with van der Waals surface area (Å²) in [4.78, 5) is 14.0. The molecule has 7 heteroatoms. The molecule has 2 fully saturated rings. The number of nitrogens with zero attached hydrogens (tertiary/aromatic N) is 2. The van der Waals surface area contributed by atoms with Gasteiger partial charge in [-0.15, -0.1) is 0 Å². The predicted octanol–water partition coefficient (Wildman–Crippen LogP) is -0.768. The average molecular weight is 275 g/mol. The van der Waals surface area contributed by atoms with Crippen LogP contribution in [0.15, 0.2) is 0 Å². The minimum absolute atomic E-state index is 0.0604. The maximum atomic E-state index is 12.2. The number of sulfonamides is 1. The quantitative estimate of drug-likeness (QED) is 0.719.